The highest BCUT2D eigenvalue weighted by molar-refractivity contribution is 5.89. The van der Waals surface area contributed by atoms with E-state index in [-0.39, 0.29) is 5.69 Å². The van der Waals surface area contributed by atoms with Gasteiger partial charge in [-0.05, 0) is 31.2 Å². The fourth-order valence-corrected chi connectivity index (χ4v) is 2.05. The molecule has 1 amide bonds. The van der Waals surface area contributed by atoms with Crippen molar-refractivity contribution in [1.82, 2.24) is 0 Å². The summed E-state index contributed by atoms with van der Waals surface area (Å²) in [7, 11) is 0. The summed E-state index contributed by atoms with van der Waals surface area (Å²) < 4.78 is 41.6. The van der Waals surface area contributed by atoms with Crippen molar-refractivity contribution in [2.24, 2.45) is 5.73 Å². The summed E-state index contributed by atoms with van der Waals surface area (Å²) in [5.74, 6) is -3.59. The van der Waals surface area contributed by atoms with E-state index in [2.05, 4.69) is 5.32 Å². The topological polar surface area (TPSA) is 55.1 Å². The lowest BCUT2D eigenvalue weighted by Crippen LogP contribution is -2.46. The van der Waals surface area contributed by atoms with Crippen molar-refractivity contribution in [3.63, 3.8) is 0 Å². The Morgan fingerprint density at radius 2 is 1.52 bits per heavy atom. The first-order valence-corrected chi connectivity index (χ1v) is 6.13. The van der Waals surface area contributed by atoms with Crippen LogP contribution in [0.3, 0.4) is 0 Å². The number of hydrogen-bond acceptors (Lipinski definition) is 2. The number of anilines is 1. The Kier molecular flexibility index (Phi) is 3.88. The number of carbonyl (C=O) groups is 1. The standard InChI is InChI=1S/C15H13F3N2O/c1-15(14(19)21,13-10(17)6-4-7-11(13)18)20-12-8-3-2-5-9(12)16/h2-8,20H,1H3,(H2,19,21). The van der Waals surface area contributed by atoms with Crippen LogP contribution in [-0.2, 0) is 10.3 Å². The lowest BCUT2D eigenvalue weighted by Gasteiger charge is -2.30. The molecular weight excluding hydrogens is 281 g/mol. The van der Waals surface area contributed by atoms with Crippen molar-refractivity contribution in [2.75, 3.05) is 5.32 Å². The Morgan fingerprint density at radius 1 is 1.00 bits per heavy atom. The normalized spacial score (nSPS) is 13.5. The van der Waals surface area contributed by atoms with Gasteiger partial charge in [0.15, 0.2) is 0 Å². The number of nitrogens with one attached hydrogen (secondary N) is 1. The van der Waals surface area contributed by atoms with Gasteiger partial charge in [0.2, 0.25) is 5.91 Å². The highest BCUT2D eigenvalue weighted by Crippen LogP contribution is 2.31. The van der Waals surface area contributed by atoms with Gasteiger partial charge in [0.25, 0.3) is 0 Å². The molecule has 2 rings (SSSR count). The zero-order valence-corrected chi connectivity index (χ0v) is 11.2. The summed E-state index contributed by atoms with van der Waals surface area (Å²) in [4.78, 5) is 11.7. The highest BCUT2D eigenvalue weighted by atomic mass is 19.1. The smallest absolute Gasteiger partial charge is 0.247 e. The van der Waals surface area contributed by atoms with Crippen LogP contribution in [0, 0.1) is 17.5 Å². The number of para-hydroxylation sites is 1. The molecule has 0 saturated heterocycles. The van der Waals surface area contributed by atoms with E-state index in [0.29, 0.717) is 0 Å². The molecule has 0 spiro atoms. The maximum Gasteiger partial charge on any atom is 0.247 e. The molecule has 21 heavy (non-hydrogen) atoms. The Hall–Kier alpha value is -2.50. The fraction of sp³-hybridized carbons (Fsp3) is 0.133. The summed E-state index contributed by atoms with van der Waals surface area (Å²) in [5.41, 5.74) is 2.71. The molecule has 3 N–H and O–H groups in total. The van der Waals surface area contributed by atoms with Crippen molar-refractivity contribution < 1.29 is 18.0 Å². The molecule has 6 heteroatoms. The van der Waals surface area contributed by atoms with E-state index in [0.717, 1.165) is 18.2 Å². The first kappa shape index (κ1) is 14.9. The van der Waals surface area contributed by atoms with Crippen LogP contribution < -0.4 is 11.1 Å². The van der Waals surface area contributed by atoms with Crippen molar-refractivity contribution in [3.8, 4) is 0 Å². The third-order valence-electron chi connectivity index (χ3n) is 3.21. The largest absolute Gasteiger partial charge is 0.367 e. The lowest BCUT2D eigenvalue weighted by atomic mass is 9.89. The number of halogens is 3. The van der Waals surface area contributed by atoms with Gasteiger partial charge in [0.05, 0.1) is 11.3 Å². The first-order chi connectivity index (χ1) is 9.86. The van der Waals surface area contributed by atoms with Gasteiger partial charge in [-0.15, -0.1) is 0 Å². The molecule has 3 nitrogen and oxygen atoms in total. The Labute approximate surface area is 119 Å². The average molecular weight is 294 g/mol. The summed E-state index contributed by atoms with van der Waals surface area (Å²) in [6.45, 7) is 1.20. The van der Waals surface area contributed by atoms with E-state index in [1.807, 2.05) is 0 Å². The second-order valence-electron chi connectivity index (χ2n) is 4.69. The number of hydrogen-bond donors (Lipinski definition) is 2. The quantitative estimate of drug-likeness (QED) is 0.911. The third-order valence-corrected chi connectivity index (χ3v) is 3.21. The second kappa shape index (κ2) is 5.47. The summed E-state index contributed by atoms with van der Waals surface area (Å²) in [6.07, 6.45) is 0. The van der Waals surface area contributed by atoms with E-state index < -0.39 is 34.5 Å². The van der Waals surface area contributed by atoms with Crippen LogP contribution in [0.4, 0.5) is 18.9 Å². The third kappa shape index (κ3) is 2.69. The predicted octanol–water partition coefficient (Wildman–Crippen LogP) is 2.92. The zero-order valence-electron chi connectivity index (χ0n) is 11.2. The number of amides is 1. The van der Waals surface area contributed by atoms with E-state index in [1.54, 1.807) is 0 Å². The van der Waals surface area contributed by atoms with Gasteiger partial charge < -0.3 is 11.1 Å². The number of rotatable bonds is 4. The van der Waals surface area contributed by atoms with Gasteiger partial charge in [-0.3, -0.25) is 4.79 Å². The van der Waals surface area contributed by atoms with Crippen LogP contribution in [0.25, 0.3) is 0 Å². The van der Waals surface area contributed by atoms with Crippen LogP contribution in [0.1, 0.15) is 12.5 Å². The molecule has 0 aliphatic rings. The average Bonchev–Trinajstić information content (AvgIpc) is 2.41. The minimum absolute atomic E-state index is 0.0820. The maximum absolute atomic E-state index is 13.9. The van der Waals surface area contributed by atoms with Crippen LogP contribution in [0.5, 0.6) is 0 Å². The van der Waals surface area contributed by atoms with Gasteiger partial charge in [0, 0.05) is 0 Å². The minimum Gasteiger partial charge on any atom is -0.367 e. The number of benzene rings is 2. The van der Waals surface area contributed by atoms with E-state index in [1.165, 1.54) is 31.2 Å². The van der Waals surface area contributed by atoms with Crippen molar-refractivity contribution in [2.45, 2.75) is 12.5 Å². The van der Waals surface area contributed by atoms with Gasteiger partial charge in [-0.1, -0.05) is 18.2 Å². The lowest BCUT2D eigenvalue weighted by molar-refractivity contribution is -0.122. The number of nitrogens with two attached hydrogens (primary N) is 1. The zero-order chi connectivity index (χ0) is 15.6. The Morgan fingerprint density at radius 3 is 2.05 bits per heavy atom. The van der Waals surface area contributed by atoms with Crippen LogP contribution in [0.2, 0.25) is 0 Å². The van der Waals surface area contributed by atoms with E-state index >= 15 is 0 Å². The molecule has 0 heterocycles. The first-order valence-electron chi connectivity index (χ1n) is 6.13. The summed E-state index contributed by atoms with van der Waals surface area (Å²) in [6, 6.07) is 8.64. The molecule has 110 valence electrons. The van der Waals surface area contributed by atoms with Crippen LogP contribution >= 0.6 is 0 Å². The van der Waals surface area contributed by atoms with Crippen molar-refractivity contribution >= 4 is 11.6 Å². The van der Waals surface area contributed by atoms with Crippen molar-refractivity contribution in [3.05, 3.63) is 65.5 Å². The predicted molar refractivity (Wildman–Crippen MR) is 72.9 cm³/mol. The molecule has 0 radical (unpaired) electrons. The molecule has 0 saturated carbocycles. The van der Waals surface area contributed by atoms with E-state index in [9.17, 15) is 18.0 Å². The molecule has 0 aromatic heterocycles. The Balaban J connectivity index is 2.57. The maximum atomic E-state index is 13.9. The number of primary amides is 1. The summed E-state index contributed by atoms with van der Waals surface area (Å²) in [5, 5.41) is 2.49. The molecule has 0 fully saturated rings. The summed E-state index contributed by atoms with van der Waals surface area (Å²) >= 11 is 0. The van der Waals surface area contributed by atoms with Crippen molar-refractivity contribution in [1.29, 1.82) is 0 Å². The molecule has 0 aliphatic heterocycles. The van der Waals surface area contributed by atoms with E-state index in [4.69, 9.17) is 5.73 Å². The molecule has 1 unspecified atom stereocenters. The van der Waals surface area contributed by atoms with Crippen LogP contribution in [0.15, 0.2) is 42.5 Å². The monoisotopic (exact) mass is 294 g/mol. The van der Waals surface area contributed by atoms with Gasteiger partial charge in [-0.2, -0.15) is 0 Å². The highest BCUT2D eigenvalue weighted by Gasteiger charge is 2.38. The molecule has 0 aliphatic carbocycles. The SMILES string of the molecule is CC(Nc1ccccc1F)(C(N)=O)c1c(F)cccc1F. The van der Waals surface area contributed by atoms with Gasteiger partial charge in [-0.25, -0.2) is 13.2 Å². The molecule has 1 atom stereocenters. The fourth-order valence-electron chi connectivity index (χ4n) is 2.05. The molecule has 2 aromatic carbocycles. The molecule has 2 aromatic rings. The molecule has 0 bridgehead atoms. The van der Waals surface area contributed by atoms with Crippen LogP contribution in [-0.4, -0.2) is 5.91 Å². The second-order valence-corrected chi connectivity index (χ2v) is 4.69. The minimum atomic E-state index is -1.93. The Bertz CT molecular complexity index is 670. The number of carbonyl (C=O) groups excluding carboxylic acids is 1. The molecular formula is C15H13F3N2O. The van der Waals surface area contributed by atoms with Gasteiger partial charge in [0.1, 0.15) is 23.0 Å². The van der Waals surface area contributed by atoms with Gasteiger partial charge >= 0.3 is 0 Å².